The van der Waals surface area contributed by atoms with Crippen LogP contribution in [-0.4, -0.2) is 30.0 Å². The van der Waals surface area contributed by atoms with Crippen molar-refractivity contribution in [1.82, 2.24) is 4.98 Å². The maximum atomic E-state index is 11.2. The van der Waals surface area contributed by atoms with E-state index in [4.69, 9.17) is 11.5 Å². The lowest BCUT2D eigenvalue weighted by atomic mass is 9.91. The first-order chi connectivity index (χ1) is 8.63. The highest BCUT2D eigenvalue weighted by molar-refractivity contribution is 5.91. The average molecular weight is 248 g/mol. The highest BCUT2D eigenvalue weighted by Gasteiger charge is 2.28. The van der Waals surface area contributed by atoms with Crippen molar-refractivity contribution in [1.29, 1.82) is 0 Å². The van der Waals surface area contributed by atoms with Gasteiger partial charge in [0.1, 0.15) is 11.5 Å². The second kappa shape index (κ2) is 5.35. The van der Waals surface area contributed by atoms with E-state index in [-0.39, 0.29) is 6.04 Å². The molecule has 1 aromatic rings. The Morgan fingerprint density at radius 1 is 1.56 bits per heavy atom. The molecule has 0 aliphatic carbocycles. The summed E-state index contributed by atoms with van der Waals surface area (Å²) in [5.74, 6) is 0.849. The molecule has 5 heteroatoms. The van der Waals surface area contributed by atoms with Crippen LogP contribution in [0.4, 0.5) is 5.82 Å². The van der Waals surface area contributed by atoms with Crippen molar-refractivity contribution < 1.29 is 4.79 Å². The van der Waals surface area contributed by atoms with E-state index in [1.807, 2.05) is 12.1 Å². The van der Waals surface area contributed by atoms with Crippen LogP contribution >= 0.6 is 0 Å². The third-order valence-electron chi connectivity index (χ3n) is 3.64. The van der Waals surface area contributed by atoms with Crippen molar-refractivity contribution in [2.45, 2.75) is 25.8 Å². The van der Waals surface area contributed by atoms with Crippen molar-refractivity contribution in [3.8, 4) is 0 Å². The quantitative estimate of drug-likeness (QED) is 0.826. The number of hydrogen-bond donors (Lipinski definition) is 2. The molecule has 2 heterocycles. The van der Waals surface area contributed by atoms with Crippen molar-refractivity contribution in [2.75, 3.05) is 18.0 Å². The van der Waals surface area contributed by atoms with E-state index in [1.54, 1.807) is 6.07 Å². The van der Waals surface area contributed by atoms with Gasteiger partial charge in [0, 0.05) is 19.1 Å². The number of piperidine rings is 1. The van der Waals surface area contributed by atoms with Crippen LogP contribution in [0.2, 0.25) is 0 Å². The summed E-state index contributed by atoms with van der Waals surface area (Å²) < 4.78 is 0. The van der Waals surface area contributed by atoms with Gasteiger partial charge < -0.3 is 16.4 Å². The van der Waals surface area contributed by atoms with Gasteiger partial charge in [-0.3, -0.25) is 4.79 Å². The Hall–Kier alpha value is -1.62. The van der Waals surface area contributed by atoms with E-state index in [0.717, 1.165) is 18.8 Å². The van der Waals surface area contributed by atoms with Crippen molar-refractivity contribution >= 4 is 11.7 Å². The molecule has 4 N–H and O–H groups in total. The lowest BCUT2D eigenvalue weighted by Crippen LogP contribution is -2.49. The molecule has 1 aliphatic rings. The summed E-state index contributed by atoms with van der Waals surface area (Å²) in [6.07, 6.45) is 2.31. The Morgan fingerprint density at radius 3 is 3.00 bits per heavy atom. The summed E-state index contributed by atoms with van der Waals surface area (Å²) in [5.41, 5.74) is 11.4. The molecule has 2 rings (SSSR count). The third-order valence-corrected chi connectivity index (χ3v) is 3.64. The third kappa shape index (κ3) is 2.46. The molecule has 2 unspecified atom stereocenters. The number of hydrogen-bond acceptors (Lipinski definition) is 4. The standard InChI is InChI=1S/C13H20N4O/c1-9-4-3-7-17(11(9)8-14)12-6-2-5-10(16-12)13(15)18/h2,5-6,9,11H,3-4,7-8,14H2,1H3,(H2,15,18). The number of amides is 1. The molecule has 1 aromatic heterocycles. The SMILES string of the molecule is CC1CCCN(c2cccc(C(N)=O)n2)C1CN. The molecule has 18 heavy (non-hydrogen) atoms. The average Bonchev–Trinajstić information content (AvgIpc) is 2.38. The van der Waals surface area contributed by atoms with Gasteiger partial charge in [0.2, 0.25) is 0 Å². The first-order valence-corrected chi connectivity index (χ1v) is 6.37. The Kier molecular flexibility index (Phi) is 3.81. The van der Waals surface area contributed by atoms with Crippen LogP contribution in [0.1, 0.15) is 30.3 Å². The molecule has 0 radical (unpaired) electrons. The van der Waals surface area contributed by atoms with Gasteiger partial charge in [-0.1, -0.05) is 13.0 Å². The zero-order chi connectivity index (χ0) is 13.1. The fraction of sp³-hybridized carbons (Fsp3) is 0.538. The number of pyridine rings is 1. The largest absolute Gasteiger partial charge is 0.364 e. The lowest BCUT2D eigenvalue weighted by molar-refractivity contribution is 0.0995. The first kappa shape index (κ1) is 12.8. The summed E-state index contributed by atoms with van der Waals surface area (Å²) in [7, 11) is 0. The second-order valence-corrected chi connectivity index (χ2v) is 4.86. The van der Waals surface area contributed by atoms with E-state index >= 15 is 0 Å². The predicted molar refractivity (Wildman–Crippen MR) is 71.3 cm³/mol. The minimum Gasteiger partial charge on any atom is -0.364 e. The molecular weight excluding hydrogens is 228 g/mol. The molecule has 1 saturated heterocycles. The predicted octanol–water partition coefficient (Wildman–Crippen LogP) is 0.744. The Bertz CT molecular complexity index is 435. The summed E-state index contributed by atoms with van der Waals surface area (Å²) in [6, 6.07) is 5.65. The van der Waals surface area contributed by atoms with Gasteiger partial charge in [-0.2, -0.15) is 0 Å². The van der Waals surface area contributed by atoms with Crippen molar-refractivity contribution in [3.05, 3.63) is 23.9 Å². The minimum absolute atomic E-state index is 0.286. The van der Waals surface area contributed by atoms with E-state index in [0.29, 0.717) is 18.2 Å². The zero-order valence-electron chi connectivity index (χ0n) is 10.7. The van der Waals surface area contributed by atoms with Crippen molar-refractivity contribution in [3.63, 3.8) is 0 Å². The normalized spacial score (nSPS) is 24.0. The van der Waals surface area contributed by atoms with E-state index in [9.17, 15) is 4.79 Å². The highest BCUT2D eigenvalue weighted by atomic mass is 16.1. The molecular formula is C13H20N4O. The molecule has 0 saturated carbocycles. The van der Waals surface area contributed by atoms with E-state index in [1.165, 1.54) is 6.42 Å². The molecule has 5 nitrogen and oxygen atoms in total. The second-order valence-electron chi connectivity index (χ2n) is 4.86. The molecule has 0 spiro atoms. The number of nitrogens with two attached hydrogens (primary N) is 2. The highest BCUT2D eigenvalue weighted by Crippen LogP contribution is 2.26. The van der Waals surface area contributed by atoms with Crippen LogP contribution in [-0.2, 0) is 0 Å². The van der Waals surface area contributed by atoms with Gasteiger partial charge in [-0.05, 0) is 30.9 Å². The zero-order valence-corrected chi connectivity index (χ0v) is 10.7. The summed E-state index contributed by atoms with van der Waals surface area (Å²) in [4.78, 5) is 17.7. The Morgan fingerprint density at radius 2 is 2.33 bits per heavy atom. The van der Waals surface area contributed by atoms with Gasteiger partial charge in [0.25, 0.3) is 5.91 Å². The molecule has 1 aliphatic heterocycles. The molecule has 0 bridgehead atoms. The molecule has 0 aromatic carbocycles. The van der Waals surface area contributed by atoms with Crippen LogP contribution in [0.15, 0.2) is 18.2 Å². The maximum absolute atomic E-state index is 11.2. The smallest absolute Gasteiger partial charge is 0.267 e. The number of carbonyl (C=O) groups excluding carboxylic acids is 1. The molecule has 98 valence electrons. The van der Waals surface area contributed by atoms with Gasteiger partial charge in [-0.25, -0.2) is 4.98 Å². The van der Waals surface area contributed by atoms with Gasteiger partial charge in [0.05, 0.1) is 0 Å². The topological polar surface area (TPSA) is 85.2 Å². The van der Waals surface area contributed by atoms with Gasteiger partial charge in [0.15, 0.2) is 0 Å². The lowest BCUT2D eigenvalue weighted by Gasteiger charge is -2.40. The minimum atomic E-state index is -0.494. The monoisotopic (exact) mass is 248 g/mol. The summed E-state index contributed by atoms with van der Waals surface area (Å²) in [5, 5.41) is 0. The van der Waals surface area contributed by atoms with Crippen molar-refractivity contribution in [2.24, 2.45) is 17.4 Å². The number of carbonyl (C=O) groups is 1. The van der Waals surface area contributed by atoms with Crippen LogP contribution in [0.3, 0.4) is 0 Å². The fourth-order valence-electron chi connectivity index (χ4n) is 2.61. The molecule has 1 amide bonds. The fourth-order valence-corrected chi connectivity index (χ4v) is 2.61. The van der Waals surface area contributed by atoms with Crippen LogP contribution in [0.5, 0.6) is 0 Å². The number of primary amides is 1. The Labute approximate surface area is 107 Å². The Balaban J connectivity index is 2.28. The first-order valence-electron chi connectivity index (χ1n) is 6.37. The van der Waals surface area contributed by atoms with Gasteiger partial charge in [-0.15, -0.1) is 0 Å². The van der Waals surface area contributed by atoms with Crippen LogP contribution < -0.4 is 16.4 Å². The summed E-state index contributed by atoms with van der Waals surface area (Å²) in [6.45, 7) is 3.74. The van der Waals surface area contributed by atoms with E-state index < -0.39 is 5.91 Å². The number of anilines is 1. The van der Waals surface area contributed by atoms with E-state index in [2.05, 4.69) is 16.8 Å². The number of rotatable bonds is 3. The van der Waals surface area contributed by atoms with Crippen LogP contribution in [0, 0.1) is 5.92 Å². The maximum Gasteiger partial charge on any atom is 0.267 e. The van der Waals surface area contributed by atoms with Gasteiger partial charge >= 0.3 is 0 Å². The molecule has 1 fully saturated rings. The number of nitrogens with zero attached hydrogens (tertiary/aromatic N) is 2. The van der Waals surface area contributed by atoms with Crippen LogP contribution in [0.25, 0.3) is 0 Å². The number of aromatic nitrogens is 1. The summed E-state index contributed by atoms with van der Waals surface area (Å²) >= 11 is 0. The molecule has 2 atom stereocenters.